The standard InChI is InChI=1S/C16H21BrN2O/c1-4-9-19(16(20)15(17)12(2)3)11-14-7-5-13(10-18)6-8-14/h5-8,12,15H,4,9,11H2,1-3H3. The number of rotatable bonds is 6. The topological polar surface area (TPSA) is 44.1 Å². The van der Waals surface area contributed by atoms with E-state index in [1.807, 2.05) is 30.9 Å². The highest BCUT2D eigenvalue weighted by molar-refractivity contribution is 9.10. The second kappa shape index (κ2) is 8.06. The van der Waals surface area contributed by atoms with Crippen LogP contribution in [-0.4, -0.2) is 22.2 Å². The number of carbonyl (C=O) groups excluding carboxylic acids is 1. The molecule has 0 aromatic heterocycles. The number of nitrogens with zero attached hydrogens (tertiary/aromatic N) is 2. The fraction of sp³-hybridized carbons (Fsp3) is 0.500. The first-order valence-electron chi connectivity index (χ1n) is 6.91. The molecule has 1 amide bonds. The number of carbonyl (C=O) groups is 1. The molecule has 0 fully saturated rings. The van der Waals surface area contributed by atoms with Crippen LogP contribution in [0.2, 0.25) is 0 Å². The summed E-state index contributed by atoms with van der Waals surface area (Å²) < 4.78 is 0. The molecule has 0 aliphatic heterocycles. The largest absolute Gasteiger partial charge is 0.337 e. The van der Waals surface area contributed by atoms with Crippen LogP contribution in [0.1, 0.15) is 38.3 Å². The van der Waals surface area contributed by atoms with Crippen LogP contribution in [0.4, 0.5) is 0 Å². The van der Waals surface area contributed by atoms with E-state index in [1.165, 1.54) is 0 Å². The van der Waals surface area contributed by atoms with E-state index in [1.54, 1.807) is 12.1 Å². The average Bonchev–Trinajstić information content (AvgIpc) is 2.46. The number of benzene rings is 1. The highest BCUT2D eigenvalue weighted by Crippen LogP contribution is 2.17. The Kier molecular flexibility index (Phi) is 6.74. The lowest BCUT2D eigenvalue weighted by Crippen LogP contribution is -2.38. The molecule has 0 aliphatic rings. The van der Waals surface area contributed by atoms with Crippen LogP contribution in [0.3, 0.4) is 0 Å². The Bertz CT molecular complexity index is 476. The number of hydrogen-bond acceptors (Lipinski definition) is 2. The van der Waals surface area contributed by atoms with Crippen molar-refractivity contribution >= 4 is 21.8 Å². The molecule has 108 valence electrons. The summed E-state index contributed by atoms with van der Waals surface area (Å²) in [4.78, 5) is 14.2. The number of nitriles is 1. The predicted octanol–water partition coefficient (Wildman–Crippen LogP) is 3.72. The van der Waals surface area contributed by atoms with Crippen molar-refractivity contribution in [1.82, 2.24) is 4.90 Å². The summed E-state index contributed by atoms with van der Waals surface area (Å²) in [5, 5.41) is 8.80. The quantitative estimate of drug-likeness (QED) is 0.743. The maximum Gasteiger partial charge on any atom is 0.236 e. The Labute approximate surface area is 129 Å². The second-order valence-corrected chi connectivity index (χ2v) is 6.20. The van der Waals surface area contributed by atoms with Crippen molar-refractivity contribution in [3.63, 3.8) is 0 Å². The van der Waals surface area contributed by atoms with Gasteiger partial charge in [-0.3, -0.25) is 4.79 Å². The van der Waals surface area contributed by atoms with Gasteiger partial charge in [0.25, 0.3) is 0 Å². The minimum absolute atomic E-state index is 0.131. The Morgan fingerprint density at radius 1 is 1.35 bits per heavy atom. The molecule has 0 N–H and O–H groups in total. The van der Waals surface area contributed by atoms with Gasteiger partial charge in [0.2, 0.25) is 5.91 Å². The molecule has 1 aromatic rings. The molecule has 0 spiro atoms. The van der Waals surface area contributed by atoms with Crippen LogP contribution in [0, 0.1) is 17.2 Å². The van der Waals surface area contributed by atoms with E-state index in [0.717, 1.165) is 18.5 Å². The van der Waals surface area contributed by atoms with Gasteiger partial charge in [-0.05, 0) is 30.0 Å². The molecule has 1 unspecified atom stereocenters. The number of amides is 1. The fourth-order valence-corrected chi connectivity index (χ4v) is 2.19. The molecule has 0 saturated heterocycles. The molecule has 0 bridgehead atoms. The Morgan fingerprint density at radius 2 is 1.95 bits per heavy atom. The SMILES string of the molecule is CCCN(Cc1ccc(C#N)cc1)C(=O)C(Br)C(C)C. The molecular formula is C16H21BrN2O. The van der Waals surface area contributed by atoms with Gasteiger partial charge in [0.1, 0.15) is 0 Å². The first kappa shape index (κ1) is 16.7. The average molecular weight is 337 g/mol. The first-order valence-corrected chi connectivity index (χ1v) is 7.83. The third-order valence-electron chi connectivity index (χ3n) is 3.08. The van der Waals surface area contributed by atoms with E-state index < -0.39 is 0 Å². The van der Waals surface area contributed by atoms with E-state index in [2.05, 4.69) is 28.9 Å². The number of halogens is 1. The third-order valence-corrected chi connectivity index (χ3v) is 4.53. The molecule has 0 radical (unpaired) electrons. The van der Waals surface area contributed by atoms with Crippen molar-refractivity contribution in [3.8, 4) is 6.07 Å². The van der Waals surface area contributed by atoms with Gasteiger partial charge in [-0.15, -0.1) is 0 Å². The summed E-state index contributed by atoms with van der Waals surface area (Å²) >= 11 is 3.48. The number of alkyl halides is 1. The third kappa shape index (κ3) is 4.64. The monoisotopic (exact) mass is 336 g/mol. The summed E-state index contributed by atoms with van der Waals surface area (Å²) in [5.74, 6) is 0.397. The molecule has 0 aliphatic carbocycles. The van der Waals surface area contributed by atoms with Crippen LogP contribution in [0.15, 0.2) is 24.3 Å². The smallest absolute Gasteiger partial charge is 0.236 e. The molecule has 0 saturated carbocycles. The molecule has 4 heteroatoms. The predicted molar refractivity (Wildman–Crippen MR) is 84.4 cm³/mol. The molecule has 1 atom stereocenters. The fourth-order valence-electron chi connectivity index (χ4n) is 1.90. The normalized spacial score (nSPS) is 12.0. The first-order chi connectivity index (χ1) is 9.49. The van der Waals surface area contributed by atoms with Crippen molar-refractivity contribution in [1.29, 1.82) is 5.26 Å². The second-order valence-electron chi connectivity index (χ2n) is 5.21. The summed E-state index contributed by atoms with van der Waals surface area (Å²) in [6, 6.07) is 9.50. The lowest BCUT2D eigenvalue weighted by molar-refractivity contribution is -0.131. The van der Waals surface area contributed by atoms with E-state index >= 15 is 0 Å². The summed E-state index contributed by atoms with van der Waals surface area (Å²) in [5.41, 5.74) is 1.69. The van der Waals surface area contributed by atoms with Gasteiger partial charge in [-0.1, -0.05) is 48.8 Å². The van der Waals surface area contributed by atoms with Crippen molar-refractivity contribution in [2.75, 3.05) is 6.54 Å². The zero-order valence-corrected chi connectivity index (χ0v) is 13.9. The van der Waals surface area contributed by atoms with Crippen molar-refractivity contribution in [2.24, 2.45) is 5.92 Å². The molecule has 1 aromatic carbocycles. The van der Waals surface area contributed by atoms with E-state index in [-0.39, 0.29) is 16.7 Å². The Balaban J connectivity index is 2.80. The Morgan fingerprint density at radius 3 is 2.40 bits per heavy atom. The molecule has 20 heavy (non-hydrogen) atoms. The zero-order valence-electron chi connectivity index (χ0n) is 12.3. The van der Waals surface area contributed by atoms with Gasteiger partial charge in [-0.2, -0.15) is 5.26 Å². The molecule has 3 nitrogen and oxygen atoms in total. The highest BCUT2D eigenvalue weighted by atomic mass is 79.9. The molecular weight excluding hydrogens is 316 g/mol. The Hall–Kier alpha value is -1.34. The lowest BCUT2D eigenvalue weighted by atomic mass is 10.1. The van der Waals surface area contributed by atoms with Gasteiger partial charge >= 0.3 is 0 Å². The van der Waals surface area contributed by atoms with Gasteiger partial charge in [0.05, 0.1) is 16.5 Å². The van der Waals surface area contributed by atoms with Crippen LogP contribution >= 0.6 is 15.9 Å². The maximum absolute atomic E-state index is 12.4. The summed E-state index contributed by atoms with van der Waals surface area (Å²) in [7, 11) is 0. The minimum Gasteiger partial charge on any atom is -0.337 e. The highest BCUT2D eigenvalue weighted by Gasteiger charge is 2.24. The van der Waals surface area contributed by atoms with Crippen LogP contribution < -0.4 is 0 Å². The zero-order chi connectivity index (χ0) is 15.1. The summed E-state index contributed by atoms with van der Waals surface area (Å²) in [6.45, 7) is 7.46. The van der Waals surface area contributed by atoms with Gasteiger partial charge < -0.3 is 4.90 Å². The maximum atomic E-state index is 12.4. The van der Waals surface area contributed by atoms with Crippen molar-refractivity contribution in [2.45, 2.75) is 38.6 Å². The van der Waals surface area contributed by atoms with E-state index in [0.29, 0.717) is 12.1 Å². The van der Waals surface area contributed by atoms with Crippen LogP contribution in [0.25, 0.3) is 0 Å². The summed E-state index contributed by atoms with van der Waals surface area (Å²) in [6.07, 6.45) is 0.930. The van der Waals surface area contributed by atoms with Crippen molar-refractivity contribution in [3.05, 3.63) is 35.4 Å². The van der Waals surface area contributed by atoms with Gasteiger partial charge in [0, 0.05) is 13.1 Å². The van der Waals surface area contributed by atoms with Crippen LogP contribution in [-0.2, 0) is 11.3 Å². The minimum atomic E-state index is -0.146. The molecule has 0 heterocycles. The van der Waals surface area contributed by atoms with E-state index in [4.69, 9.17) is 5.26 Å². The number of hydrogen-bond donors (Lipinski definition) is 0. The molecule has 1 rings (SSSR count). The lowest BCUT2D eigenvalue weighted by Gasteiger charge is -2.26. The van der Waals surface area contributed by atoms with Crippen molar-refractivity contribution < 1.29 is 4.79 Å². The van der Waals surface area contributed by atoms with Crippen LogP contribution in [0.5, 0.6) is 0 Å². The van der Waals surface area contributed by atoms with Gasteiger partial charge in [-0.25, -0.2) is 0 Å². The van der Waals surface area contributed by atoms with Gasteiger partial charge in [0.15, 0.2) is 0 Å². The van der Waals surface area contributed by atoms with E-state index in [9.17, 15) is 4.79 Å².